The van der Waals surface area contributed by atoms with Crippen LogP contribution < -0.4 is 5.32 Å². The molecule has 0 bridgehead atoms. The standard InChI is InChI=1S/C23H25N5O2/c1-26-14-19-10-16(12-24-23(19)25-21(29)15-26)5-7-22(30)28(3)13-17-4-6-20-18(11-17)8-9-27(20)2/h4-12H,13-15H2,1-3H3,(H,24,25,29). The van der Waals surface area contributed by atoms with Crippen LogP contribution in [0.15, 0.2) is 48.8 Å². The van der Waals surface area contributed by atoms with Gasteiger partial charge in [-0.2, -0.15) is 0 Å². The summed E-state index contributed by atoms with van der Waals surface area (Å²) in [5, 5.41) is 3.98. The Bertz CT molecular complexity index is 1150. The molecule has 0 atom stereocenters. The van der Waals surface area contributed by atoms with Gasteiger partial charge in [0.05, 0.1) is 6.54 Å². The molecule has 30 heavy (non-hydrogen) atoms. The SMILES string of the molecule is CN1CC(=O)Nc2ncc(C=CC(=O)N(C)Cc3ccc4c(ccn4C)c3)cc2C1. The molecule has 1 N–H and O–H groups in total. The van der Waals surface area contributed by atoms with Crippen molar-refractivity contribution in [3.8, 4) is 0 Å². The highest BCUT2D eigenvalue weighted by atomic mass is 16.2. The summed E-state index contributed by atoms with van der Waals surface area (Å²) in [5.74, 6) is 0.433. The lowest BCUT2D eigenvalue weighted by Gasteiger charge is -2.15. The second kappa shape index (κ2) is 8.12. The van der Waals surface area contributed by atoms with Crippen LogP contribution in [0.3, 0.4) is 0 Å². The van der Waals surface area contributed by atoms with Gasteiger partial charge in [0.2, 0.25) is 11.8 Å². The fourth-order valence-corrected chi connectivity index (χ4v) is 3.69. The van der Waals surface area contributed by atoms with Crippen LogP contribution in [0.25, 0.3) is 17.0 Å². The summed E-state index contributed by atoms with van der Waals surface area (Å²) in [5.41, 5.74) is 4.02. The van der Waals surface area contributed by atoms with E-state index in [0.717, 1.165) is 16.7 Å². The van der Waals surface area contributed by atoms with Gasteiger partial charge in [-0.3, -0.25) is 14.5 Å². The summed E-state index contributed by atoms with van der Waals surface area (Å²) in [6.45, 7) is 1.49. The van der Waals surface area contributed by atoms with Crippen molar-refractivity contribution in [3.63, 3.8) is 0 Å². The Kier molecular flexibility index (Phi) is 5.37. The third-order valence-corrected chi connectivity index (χ3v) is 5.26. The quantitative estimate of drug-likeness (QED) is 0.680. The summed E-state index contributed by atoms with van der Waals surface area (Å²) in [6, 6.07) is 10.3. The van der Waals surface area contributed by atoms with E-state index in [1.807, 2.05) is 31.3 Å². The van der Waals surface area contributed by atoms with Gasteiger partial charge in [-0.1, -0.05) is 6.07 Å². The fourth-order valence-electron chi connectivity index (χ4n) is 3.69. The van der Waals surface area contributed by atoms with E-state index in [0.29, 0.717) is 25.5 Å². The zero-order valence-corrected chi connectivity index (χ0v) is 17.4. The van der Waals surface area contributed by atoms with Gasteiger partial charge in [-0.25, -0.2) is 4.98 Å². The molecule has 1 aromatic carbocycles. The first-order valence-electron chi connectivity index (χ1n) is 9.83. The van der Waals surface area contributed by atoms with Crippen molar-refractivity contribution in [1.82, 2.24) is 19.4 Å². The van der Waals surface area contributed by atoms with Gasteiger partial charge < -0.3 is 14.8 Å². The Morgan fingerprint density at radius 3 is 2.90 bits per heavy atom. The lowest BCUT2D eigenvalue weighted by molar-refractivity contribution is -0.125. The van der Waals surface area contributed by atoms with Crippen LogP contribution in [-0.4, -0.2) is 51.8 Å². The second-order valence-corrected chi connectivity index (χ2v) is 7.84. The molecule has 4 rings (SSSR count). The van der Waals surface area contributed by atoms with Crippen LogP contribution in [0.1, 0.15) is 16.7 Å². The number of nitrogens with one attached hydrogen (secondary N) is 1. The van der Waals surface area contributed by atoms with Crippen LogP contribution in [0.2, 0.25) is 0 Å². The van der Waals surface area contributed by atoms with E-state index in [-0.39, 0.29) is 11.8 Å². The summed E-state index contributed by atoms with van der Waals surface area (Å²) in [7, 11) is 5.70. The molecule has 0 fully saturated rings. The molecule has 154 valence electrons. The maximum absolute atomic E-state index is 12.6. The molecule has 0 spiro atoms. The first-order chi connectivity index (χ1) is 14.4. The Balaban J connectivity index is 1.44. The normalized spacial score (nSPS) is 14.6. The van der Waals surface area contributed by atoms with Crippen molar-refractivity contribution >= 4 is 34.6 Å². The molecule has 0 unspecified atom stereocenters. The average molecular weight is 403 g/mol. The number of hydrogen-bond donors (Lipinski definition) is 1. The molecule has 0 saturated heterocycles. The van der Waals surface area contributed by atoms with Crippen LogP contribution in [0.5, 0.6) is 0 Å². The minimum absolute atomic E-state index is 0.0717. The van der Waals surface area contributed by atoms with Gasteiger partial charge in [0.25, 0.3) is 0 Å². The van der Waals surface area contributed by atoms with E-state index in [1.54, 1.807) is 30.3 Å². The Hall–Kier alpha value is -3.45. The largest absolute Gasteiger partial charge is 0.351 e. The molecule has 2 aromatic heterocycles. The van der Waals surface area contributed by atoms with Crippen molar-refractivity contribution in [2.75, 3.05) is 26.0 Å². The molecule has 0 aliphatic carbocycles. The first kappa shape index (κ1) is 19.8. The maximum atomic E-state index is 12.6. The number of carbonyl (C=O) groups is 2. The topological polar surface area (TPSA) is 70.5 Å². The number of likely N-dealkylation sites (N-methyl/N-ethyl adjacent to an activating group) is 2. The van der Waals surface area contributed by atoms with Gasteiger partial charge in [-0.05, 0) is 53.9 Å². The molecule has 1 aliphatic rings. The number of hydrogen-bond acceptors (Lipinski definition) is 4. The van der Waals surface area contributed by atoms with Gasteiger partial charge in [0.15, 0.2) is 0 Å². The first-order valence-corrected chi connectivity index (χ1v) is 9.83. The van der Waals surface area contributed by atoms with Gasteiger partial charge in [0.1, 0.15) is 5.82 Å². The van der Waals surface area contributed by atoms with E-state index in [9.17, 15) is 9.59 Å². The van der Waals surface area contributed by atoms with E-state index in [4.69, 9.17) is 0 Å². The molecule has 7 nitrogen and oxygen atoms in total. The number of pyridine rings is 1. The van der Waals surface area contributed by atoms with Gasteiger partial charge in [0, 0.05) is 56.7 Å². The van der Waals surface area contributed by atoms with E-state index >= 15 is 0 Å². The van der Waals surface area contributed by atoms with Gasteiger partial charge >= 0.3 is 0 Å². The highest BCUT2D eigenvalue weighted by molar-refractivity contribution is 5.93. The number of rotatable bonds is 4. The predicted molar refractivity (Wildman–Crippen MR) is 118 cm³/mol. The van der Waals surface area contributed by atoms with E-state index in [1.165, 1.54) is 10.9 Å². The predicted octanol–water partition coefficient (Wildman–Crippen LogP) is 2.63. The fraction of sp³-hybridized carbons (Fsp3) is 0.261. The van der Waals surface area contributed by atoms with Crippen molar-refractivity contribution in [3.05, 3.63) is 65.5 Å². The number of nitrogens with zero attached hydrogens (tertiary/aromatic N) is 4. The number of amides is 2. The van der Waals surface area contributed by atoms with E-state index in [2.05, 4.69) is 39.1 Å². The molecule has 7 heteroatoms. The number of anilines is 1. The Labute approximate surface area is 175 Å². The number of aromatic nitrogens is 2. The number of carbonyl (C=O) groups excluding carboxylic acids is 2. The minimum atomic E-state index is -0.0801. The Morgan fingerprint density at radius 2 is 2.07 bits per heavy atom. The highest BCUT2D eigenvalue weighted by Gasteiger charge is 2.17. The Morgan fingerprint density at radius 1 is 1.23 bits per heavy atom. The summed E-state index contributed by atoms with van der Waals surface area (Å²) in [6.07, 6.45) is 7.02. The molecule has 3 heterocycles. The van der Waals surface area contributed by atoms with Crippen molar-refractivity contribution in [1.29, 1.82) is 0 Å². The second-order valence-electron chi connectivity index (χ2n) is 7.84. The summed E-state index contributed by atoms with van der Waals surface area (Å²) < 4.78 is 2.08. The molecule has 2 amide bonds. The monoisotopic (exact) mass is 403 g/mol. The van der Waals surface area contributed by atoms with Crippen molar-refractivity contribution in [2.24, 2.45) is 7.05 Å². The minimum Gasteiger partial charge on any atom is -0.351 e. The smallest absolute Gasteiger partial charge is 0.246 e. The molecule has 3 aromatic rings. The maximum Gasteiger partial charge on any atom is 0.246 e. The van der Waals surface area contributed by atoms with Crippen LogP contribution in [0, 0.1) is 0 Å². The van der Waals surface area contributed by atoms with E-state index < -0.39 is 0 Å². The highest BCUT2D eigenvalue weighted by Crippen LogP contribution is 2.20. The molecule has 0 radical (unpaired) electrons. The third-order valence-electron chi connectivity index (χ3n) is 5.26. The molecule has 1 aliphatic heterocycles. The van der Waals surface area contributed by atoms with Crippen LogP contribution in [-0.2, 0) is 29.7 Å². The summed E-state index contributed by atoms with van der Waals surface area (Å²) in [4.78, 5) is 32.3. The number of aryl methyl sites for hydroxylation is 1. The van der Waals surface area contributed by atoms with Gasteiger partial charge in [-0.15, -0.1) is 0 Å². The lowest BCUT2D eigenvalue weighted by Crippen LogP contribution is -2.26. The van der Waals surface area contributed by atoms with Crippen LogP contribution in [0.4, 0.5) is 5.82 Å². The number of fused-ring (bicyclic) bond motifs is 2. The van der Waals surface area contributed by atoms with Crippen molar-refractivity contribution < 1.29 is 9.59 Å². The third kappa shape index (κ3) is 4.26. The zero-order valence-electron chi connectivity index (χ0n) is 17.4. The molecular formula is C23H25N5O2. The lowest BCUT2D eigenvalue weighted by atomic mass is 10.1. The molecule has 0 saturated carbocycles. The number of benzene rings is 1. The molecular weight excluding hydrogens is 378 g/mol. The zero-order chi connectivity index (χ0) is 21.3. The van der Waals surface area contributed by atoms with Crippen molar-refractivity contribution in [2.45, 2.75) is 13.1 Å². The van der Waals surface area contributed by atoms with Crippen LogP contribution >= 0.6 is 0 Å². The average Bonchev–Trinajstić information content (AvgIpc) is 3.00. The summed E-state index contributed by atoms with van der Waals surface area (Å²) >= 11 is 0.